The molecule has 1 aromatic heterocycles. The first-order valence-corrected chi connectivity index (χ1v) is 6.30. The highest BCUT2D eigenvalue weighted by molar-refractivity contribution is 6.11. The summed E-state index contributed by atoms with van der Waals surface area (Å²) in [4.78, 5) is 20.3. The summed E-state index contributed by atoms with van der Waals surface area (Å²) in [5.74, 6) is 0.217. The molecule has 3 rings (SSSR count). The lowest BCUT2D eigenvalue weighted by molar-refractivity contribution is 0.102. The zero-order valence-electron chi connectivity index (χ0n) is 11.5. The average molecular weight is 280 g/mol. The third kappa shape index (κ3) is 2.23. The number of hydrogen-bond acceptors (Lipinski definition) is 6. The van der Waals surface area contributed by atoms with Crippen molar-refractivity contribution < 1.29 is 4.79 Å². The maximum absolute atomic E-state index is 12.2. The first kappa shape index (κ1) is 12.9. The van der Waals surface area contributed by atoms with Gasteiger partial charge in [0.05, 0.1) is 11.4 Å². The van der Waals surface area contributed by atoms with E-state index in [2.05, 4.69) is 25.9 Å². The van der Waals surface area contributed by atoms with Crippen LogP contribution < -0.4 is 16.0 Å². The molecule has 0 bridgehead atoms. The third-order valence-corrected chi connectivity index (χ3v) is 3.34. The summed E-state index contributed by atoms with van der Waals surface area (Å²) in [7, 11) is 0. The molecule has 0 fully saturated rings. The summed E-state index contributed by atoms with van der Waals surface area (Å²) in [6.07, 6.45) is 3.13. The van der Waals surface area contributed by atoms with Crippen molar-refractivity contribution in [1.82, 2.24) is 9.97 Å². The molecule has 1 amide bonds. The molecule has 0 atom stereocenters. The molecule has 0 spiro atoms. The van der Waals surface area contributed by atoms with Crippen molar-refractivity contribution in [2.24, 2.45) is 0 Å². The van der Waals surface area contributed by atoms with Crippen LogP contribution in [0.3, 0.4) is 0 Å². The molecule has 7 nitrogen and oxygen atoms in total. The second-order valence-electron chi connectivity index (χ2n) is 4.75. The van der Waals surface area contributed by atoms with Crippen molar-refractivity contribution in [2.75, 3.05) is 16.0 Å². The van der Waals surface area contributed by atoms with Crippen molar-refractivity contribution in [1.29, 1.82) is 5.26 Å². The highest BCUT2D eigenvalue weighted by Gasteiger charge is 2.21. The second-order valence-corrected chi connectivity index (χ2v) is 4.75. The Morgan fingerprint density at radius 1 is 1.19 bits per heavy atom. The van der Waals surface area contributed by atoms with Crippen LogP contribution in [0.2, 0.25) is 0 Å². The van der Waals surface area contributed by atoms with Gasteiger partial charge in [-0.15, -0.1) is 0 Å². The van der Waals surface area contributed by atoms with E-state index in [0.29, 0.717) is 17.1 Å². The number of nitrogens with one attached hydrogen (secondary N) is 3. The number of fused-ring (bicyclic) bond motifs is 2. The normalized spacial score (nSPS) is 12.1. The van der Waals surface area contributed by atoms with Crippen LogP contribution in [0.25, 0.3) is 0 Å². The predicted octanol–water partition coefficient (Wildman–Crippen LogP) is 2.30. The van der Waals surface area contributed by atoms with Gasteiger partial charge in [-0.2, -0.15) is 10.2 Å². The van der Waals surface area contributed by atoms with Gasteiger partial charge in [0.15, 0.2) is 6.19 Å². The van der Waals surface area contributed by atoms with Crippen LogP contribution in [0.1, 0.15) is 21.5 Å². The Kier molecular flexibility index (Phi) is 2.92. The van der Waals surface area contributed by atoms with Crippen LogP contribution in [0, 0.1) is 25.3 Å². The summed E-state index contributed by atoms with van der Waals surface area (Å²) in [6.45, 7) is 3.97. The Morgan fingerprint density at radius 3 is 2.52 bits per heavy atom. The smallest absolute Gasteiger partial charge is 0.261 e. The lowest BCUT2D eigenvalue weighted by Gasteiger charge is -2.11. The van der Waals surface area contributed by atoms with Crippen LogP contribution in [-0.2, 0) is 0 Å². The molecular weight excluding hydrogens is 268 g/mol. The van der Waals surface area contributed by atoms with E-state index in [1.807, 2.05) is 26.0 Å². The molecule has 2 heterocycles. The van der Waals surface area contributed by atoms with Gasteiger partial charge in [0.2, 0.25) is 5.95 Å². The second kappa shape index (κ2) is 4.76. The van der Waals surface area contributed by atoms with E-state index >= 15 is 0 Å². The van der Waals surface area contributed by atoms with Crippen LogP contribution in [0.5, 0.6) is 0 Å². The molecule has 0 saturated heterocycles. The minimum atomic E-state index is -0.289. The van der Waals surface area contributed by atoms with Gasteiger partial charge in [-0.25, -0.2) is 4.98 Å². The highest BCUT2D eigenvalue weighted by atomic mass is 16.1. The number of aromatic nitrogens is 2. The number of carbonyl (C=O) groups excluding carboxylic acids is 1. The van der Waals surface area contributed by atoms with Crippen LogP contribution >= 0.6 is 0 Å². The van der Waals surface area contributed by atoms with Crippen LogP contribution in [0.15, 0.2) is 18.3 Å². The average Bonchev–Trinajstić information content (AvgIpc) is 2.56. The molecule has 1 aliphatic rings. The summed E-state index contributed by atoms with van der Waals surface area (Å²) < 4.78 is 0. The van der Waals surface area contributed by atoms with Gasteiger partial charge < -0.3 is 10.6 Å². The highest BCUT2D eigenvalue weighted by Crippen LogP contribution is 2.33. The molecule has 7 heteroatoms. The zero-order valence-corrected chi connectivity index (χ0v) is 11.5. The van der Waals surface area contributed by atoms with E-state index in [4.69, 9.17) is 5.26 Å². The monoisotopic (exact) mass is 280 g/mol. The number of nitriles is 1. The molecule has 104 valence electrons. The standard InChI is InChI=1S/C14H12N6O/c1-7-3-10-11(4-8(7)2)19-13(21)9-5-16-14(17-6-15)20-12(9)18-10/h3-5H,1-2H3,(H,19,21)(H2,16,17,18,20). The Balaban J connectivity index is 2.12. The number of carbonyl (C=O) groups is 1. The molecule has 0 radical (unpaired) electrons. The molecular formula is C14H12N6O. The fourth-order valence-corrected chi connectivity index (χ4v) is 2.09. The first-order chi connectivity index (χ1) is 10.1. The molecule has 0 unspecified atom stereocenters. The Hall–Kier alpha value is -3.14. The maximum Gasteiger partial charge on any atom is 0.261 e. The minimum absolute atomic E-state index is 0.142. The number of nitrogens with zero attached hydrogens (tertiary/aromatic N) is 3. The van der Waals surface area contributed by atoms with Gasteiger partial charge in [0, 0.05) is 6.20 Å². The lowest BCUT2D eigenvalue weighted by Crippen LogP contribution is -2.12. The molecule has 0 aliphatic carbocycles. The third-order valence-electron chi connectivity index (χ3n) is 3.34. The first-order valence-electron chi connectivity index (χ1n) is 6.30. The summed E-state index contributed by atoms with van der Waals surface area (Å²) in [5.41, 5.74) is 3.95. The van der Waals surface area contributed by atoms with E-state index in [1.165, 1.54) is 6.20 Å². The van der Waals surface area contributed by atoms with Crippen molar-refractivity contribution in [2.45, 2.75) is 13.8 Å². The van der Waals surface area contributed by atoms with E-state index in [-0.39, 0.29) is 11.9 Å². The van der Waals surface area contributed by atoms with Crippen LogP contribution in [0.4, 0.5) is 23.1 Å². The molecule has 0 saturated carbocycles. The van der Waals surface area contributed by atoms with Gasteiger partial charge in [-0.3, -0.25) is 10.1 Å². The Morgan fingerprint density at radius 2 is 1.86 bits per heavy atom. The van der Waals surface area contributed by atoms with E-state index in [0.717, 1.165) is 16.8 Å². The van der Waals surface area contributed by atoms with Crippen molar-refractivity contribution in [3.8, 4) is 6.19 Å². The molecule has 3 N–H and O–H groups in total. The molecule has 1 aromatic carbocycles. The number of amides is 1. The number of aryl methyl sites for hydroxylation is 2. The number of benzene rings is 1. The van der Waals surface area contributed by atoms with Gasteiger partial charge in [0.25, 0.3) is 5.91 Å². The molecule has 21 heavy (non-hydrogen) atoms. The molecule has 1 aliphatic heterocycles. The van der Waals surface area contributed by atoms with E-state index < -0.39 is 0 Å². The fourth-order valence-electron chi connectivity index (χ4n) is 2.09. The number of rotatable bonds is 1. The van der Waals surface area contributed by atoms with Crippen molar-refractivity contribution in [3.63, 3.8) is 0 Å². The Labute approximate surface area is 121 Å². The minimum Gasteiger partial charge on any atom is -0.338 e. The summed E-state index contributed by atoms with van der Waals surface area (Å²) in [6, 6.07) is 3.85. The predicted molar refractivity (Wildman–Crippen MR) is 78.4 cm³/mol. The topological polar surface area (TPSA) is 103 Å². The fraction of sp³-hybridized carbons (Fsp3) is 0.143. The van der Waals surface area contributed by atoms with Gasteiger partial charge in [0.1, 0.15) is 11.4 Å². The number of anilines is 4. The van der Waals surface area contributed by atoms with Crippen LogP contribution in [-0.4, -0.2) is 15.9 Å². The SMILES string of the molecule is Cc1cc2c(cc1C)Nc1nc(NC#N)ncc1C(=O)N2. The van der Waals surface area contributed by atoms with Crippen molar-refractivity contribution in [3.05, 3.63) is 35.0 Å². The maximum atomic E-state index is 12.2. The van der Waals surface area contributed by atoms with Gasteiger partial charge in [-0.05, 0) is 37.1 Å². The van der Waals surface area contributed by atoms with Crippen molar-refractivity contribution >= 4 is 29.0 Å². The van der Waals surface area contributed by atoms with Gasteiger partial charge >= 0.3 is 0 Å². The summed E-state index contributed by atoms with van der Waals surface area (Å²) >= 11 is 0. The quantitative estimate of drug-likeness (QED) is 0.547. The van der Waals surface area contributed by atoms with Gasteiger partial charge in [-0.1, -0.05) is 0 Å². The van der Waals surface area contributed by atoms with E-state index in [9.17, 15) is 4.79 Å². The zero-order chi connectivity index (χ0) is 15.0. The summed E-state index contributed by atoms with van der Waals surface area (Å²) in [5, 5.41) is 16.9. The largest absolute Gasteiger partial charge is 0.338 e. The Bertz CT molecular complexity index is 793. The molecule has 2 aromatic rings. The lowest BCUT2D eigenvalue weighted by atomic mass is 10.1. The van der Waals surface area contributed by atoms with E-state index in [1.54, 1.807) is 6.19 Å². The number of hydrogen-bond donors (Lipinski definition) is 3.